The molecule has 0 aliphatic heterocycles. The van der Waals surface area contributed by atoms with E-state index in [1.807, 2.05) is 6.08 Å². The smallest absolute Gasteiger partial charge is 0.155 e. The molecule has 0 aromatic heterocycles. The summed E-state index contributed by atoms with van der Waals surface area (Å²) in [6.45, 7) is 4.76. The van der Waals surface area contributed by atoms with Crippen LogP contribution >= 0.6 is 0 Å². The van der Waals surface area contributed by atoms with Crippen molar-refractivity contribution in [1.29, 1.82) is 0 Å². The van der Waals surface area contributed by atoms with Gasteiger partial charge in [-0.25, -0.2) is 0 Å². The molecule has 0 bridgehead atoms. The fourth-order valence-corrected chi connectivity index (χ4v) is 6.53. The summed E-state index contributed by atoms with van der Waals surface area (Å²) in [6.07, 6.45) is 10.7. The lowest BCUT2D eigenvalue weighted by atomic mass is 9.47. The molecule has 0 unspecified atom stereocenters. The lowest BCUT2D eigenvalue weighted by Gasteiger charge is -2.57. The number of aliphatic hydroxyl groups is 1. The van der Waals surface area contributed by atoms with E-state index in [-0.39, 0.29) is 16.9 Å². The van der Waals surface area contributed by atoms with Crippen LogP contribution in [0, 0.1) is 28.6 Å². The van der Waals surface area contributed by atoms with Crippen molar-refractivity contribution < 1.29 is 9.90 Å². The molecule has 0 spiro atoms. The number of hydrogen-bond acceptors (Lipinski definition) is 2. The maximum atomic E-state index is 11.8. The third kappa shape index (κ3) is 1.78. The predicted octanol–water partition coefficient (Wildman–Crippen LogP) is 3.88. The summed E-state index contributed by atoms with van der Waals surface area (Å²) in [7, 11) is 0. The molecule has 3 saturated carbocycles. The van der Waals surface area contributed by atoms with Crippen LogP contribution in [-0.2, 0) is 4.79 Å². The molecule has 4 aliphatic rings. The van der Waals surface area contributed by atoms with Crippen LogP contribution in [0.1, 0.15) is 65.2 Å². The maximum Gasteiger partial charge on any atom is 0.155 e. The third-order valence-corrected chi connectivity index (χ3v) is 7.91. The van der Waals surface area contributed by atoms with Crippen LogP contribution < -0.4 is 0 Å². The first-order valence-corrected chi connectivity index (χ1v) is 8.87. The third-order valence-electron chi connectivity index (χ3n) is 7.91. The van der Waals surface area contributed by atoms with Crippen molar-refractivity contribution in [2.45, 2.75) is 71.3 Å². The van der Waals surface area contributed by atoms with Gasteiger partial charge in [-0.1, -0.05) is 19.4 Å². The number of carbonyl (C=O) groups excluding carboxylic acids is 1. The Morgan fingerprint density at radius 3 is 2.67 bits per heavy atom. The monoisotopic (exact) mass is 288 g/mol. The molecule has 4 rings (SSSR count). The van der Waals surface area contributed by atoms with Crippen molar-refractivity contribution in [3.63, 3.8) is 0 Å². The van der Waals surface area contributed by atoms with Crippen LogP contribution in [0.4, 0.5) is 0 Å². The molecule has 2 heteroatoms. The van der Waals surface area contributed by atoms with Crippen molar-refractivity contribution >= 4 is 5.78 Å². The lowest BCUT2D eigenvalue weighted by Crippen LogP contribution is -2.51. The molecule has 1 N–H and O–H groups in total. The summed E-state index contributed by atoms with van der Waals surface area (Å²) in [5.41, 5.74) is 1.89. The van der Waals surface area contributed by atoms with Gasteiger partial charge in [-0.05, 0) is 79.6 Å². The highest BCUT2D eigenvalue weighted by atomic mass is 16.3. The number of carbonyl (C=O) groups is 1. The van der Waals surface area contributed by atoms with Crippen molar-refractivity contribution in [1.82, 2.24) is 0 Å². The van der Waals surface area contributed by atoms with E-state index >= 15 is 0 Å². The topological polar surface area (TPSA) is 37.3 Å². The molecular weight excluding hydrogens is 260 g/mol. The van der Waals surface area contributed by atoms with E-state index in [0.717, 1.165) is 37.5 Å². The summed E-state index contributed by atoms with van der Waals surface area (Å²) >= 11 is 0. The first-order valence-electron chi connectivity index (χ1n) is 8.87. The van der Waals surface area contributed by atoms with Crippen molar-refractivity contribution in [3.05, 3.63) is 11.6 Å². The van der Waals surface area contributed by atoms with Gasteiger partial charge >= 0.3 is 0 Å². The van der Waals surface area contributed by atoms with Crippen molar-refractivity contribution in [3.8, 4) is 0 Å². The Kier molecular flexibility index (Phi) is 2.96. The van der Waals surface area contributed by atoms with Gasteiger partial charge in [-0.2, -0.15) is 0 Å². The highest BCUT2D eigenvalue weighted by Gasteiger charge is 2.58. The number of rotatable bonds is 0. The minimum atomic E-state index is -0.0823. The second kappa shape index (κ2) is 4.44. The summed E-state index contributed by atoms with van der Waals surface area (Å²) in [5, 5.41) is 10.4. The number of ketones is 1. The van der Waals surface area contributed by atoms with E-state index in [4.69, 9.17) is 0 Å². The van der Waals surface area contributed by atoms with Crippen LogP contribution in [0.2, 0.25) is 0 Å². The van der Waals surface area contributed by atoms with Gasteiger partial charge in [0.2, 0.25) is 0 Å². The zero-order valence-corrected chi connectivity index (χ0v) is 13.4. The van der Waals surface area contributed by atoms with Gasteiger partial charge in [0.15, 0.2) is 5.78 Å². The van der Waals surface area contributed by atoms with Gasteiger partial charge in [0.05, 0.1) is 6.10 Å². The molecule has 0 aromatic rings. The van der Waals surface area contributed by atoms with Crippen LogP contribution in [-0.4, -0.2) is 17.0 Å². The van der Waals surface area contributed by atoms with E-state index in [2.05, 4.69) is 13.8 Å². The fourth-order valence-electron chi connectivity index (χ4n) is 6.53. The Morgan fingerprint density at radius 1 is 1.05 bits per heavy atom. The lowest BCUT2D eigenvalue weighted by molar-refractivity contribution is -0.118. The van der Waals surface area contributed by atoms with Crippen LogP contribution in [0.3, 0.4) is 0 Å². The number of allylic oxidation sites excluding steroid dienone is 1. The number of fused-ring (bicyclic) bond motifs is 5. The van der Waals surface area contributed by atoms with Gasteiger partial charge in [-0.3, -0.25) is 4.79 Å². The molecular formula is C19H28O2. The summed E-state index contributed by atoms with van der Waals surface area (Å²) in [4.78, 5) is 11.8. The molecule has 0 radical (unpaired) electrons. The van der Waals surface area contributed by atoms with Gasteiger partial charge in [-0.15, -0.1) is 0 Å². The van der Waals surface area contributed by atoms with Crippen LogP contribution in [0.25, 0.3) is 0 Å². The molecule has 0 aromatic carbocycles. The standard InChI is InChI=1S/C19H28O2/c1-18-9-7-13(20)11-12(18)3-4-14-15-5-6-17(21)19(15,2)10-8-16(14)18/h11,14-17,21H,3-10H2,1-2H3/t14-,15+,16+,17+,18-,19+/m0/s1. The highest BCUT2D eigenvalue weighted by molar-refractivity contribution is 5.91. The minimum absolute atomic E-state index is 0.0823. The zero-order chi connectivity index (χ0) is 14.8. The Hall–Kier alpha value is -0.630. The largest absolute Gasteiger partial charge is 0.393 e. The van der Waals surface area contributed by atoms with E-state index in [1.54, 1.807) is 0 Å². The minimum Gasteiger partial charge on any atom is -0.393 e. The molecule has 21 heavy (non-hydrogen) atoms. The molecule has 4 aliphatic carbocycles. The quantitative estimate of drug-likeness (QED) is 0.734. The van der Waals surface area contributed by atoms with E-state index in [0.29, 0.717) is 11.7 Å². The van der Waals surface area contributed by atoms with E-state index < -0.39 is 0 Å². The molecule has 6 atom stereocenters. The normalized spacial score (nSPS) is 52.7. The highest BCUT2D eigenvalue weighted by Crippen LogP contribution is 2.65. The van der Waals surface area contributed by atoms with Gasteiger partial charge in [0.1, 0.15) is 0 Å². The fraction of sp³-hybridized carbons (Fsp3) is 0.842. The van der Waals surface area contributed by atoms with E-state index in [9.17, 15) is 9.90 Å². The van der Waals surface area contributed by atoms with Crippen molar-refractivity contribution in [2.75, 3.05) is 0 Å². The van der Waals surface area contributed by atoms with Gasteiger partial charge in [0.25, 0.3) is 0 Å². The van der Waals surface area contributed by atoms with Crippen molar-refractivity contribution in [2.24, 2.45) is 28.6 Å². The first kappa shape index (κ1) is 14.0. The summed E-state index contributed by atoms with van der Waals surface area (Å²) < 4.78 is 0. The zero-order valence-electron chi connectivity index (χ0n) is 13.4. The van der Waals surface area contributed by atoms with Crippen LogP contribution in [0.15, 0.2) is 11.6 Å². The second-order valence-electron chi connectivity index (χ2n) is 8.61. The Morgan fingerprint density at radius 2 is 1.86 bits per heavy atom. The Bertz CT molecular complexity index is 508. The Labute approximate surface area is 128 Å². The molecule has 116 valence electrons. The molecule has 0 amide bonds. The maximum absolute atomic E-state index is 11.8. The van der Waals surface area contributed by atoms with Crippen LogP contribution in [0.5, 0.6) is 0 Å². The molecule has 0 saturated heterocycles. The number of aliphatic hydroxyl groups excluding tert-OH is 1. The molecule has 2 nitrogen and oxygen atoms in total. The average Bonchev–Trinajstić information content (AvgIpc) is 2.76. The summed E-state index contributed by atoms with van der Waals surface area (Å²) in [6, 6.07) is 0. The summed E-state index contributed by atoms with van der Waals surface area (Å²) in [5.74, 6) is 2.57. The predicted molar refractivity (Wildman–Crippen MR) is 82.7 cm³/mol. The molecule has 0 heterocycles. The van der Waals surface area contributed by atoms with Gasteiger partial charge in [0, 0.05) is 6.42 Å². The second-order valence-corrected chi connectivity index (χ2v) is 8.61. The first-order chi connectivity index (χ1) is 9.95. The number of hydrogen-bond donors (Lipinski definition) is 1. The molecule has 3 fully saturated rings. The SMILES string of the molecule is C[C@@]12CC[C@@H]3[C@@H](CCC4=CC(=O)CC[C@@]43C)[C@H]1CC[C@H]2O. The Balaban J connectivity index is 1.69. The van der Waals surface area contributed by atoms with Gasteiger partial charge < -0.3 is 5.11 Å². The van der Waals surface area contributed by atoms with E-state index in [1.165, 1.54) is 31.3 Å². The average molecular weight is 288 g/mol.